The van der Waals surface area contributed by atoms with E-state index in [1.54, 1.807) is 24.3 Å². The number of halogens is 4. The van der Waals surface area contributed by atoms with Crippen molar-refractivity contribution < 1.29 is 22.7 Å². The monoisotopic (exact) mass is 524 g/mol. The van der Waals surface area contributed by atoms with Crippen LogP contribution < -0.4 is 25.9 Å². The summed E-state index contributed by atoms with van der Waals surface area (Å²) in [7, 11) is 1.44. The molecule has 0 saturated carbocycles. The molecule has 1 aromatic heterocycles. The Balaban J connectivity index is 2.15. The van der Waals surface area contributed by atoms with E-state index in [9.17, 15) is 22.8 Å². The maximum absolute atomic E-state index is 13.5. The Bertz CT molecular complexity index is 1340. The number of nitrogens with zero attached hydrogens (tertiary/aromatic N) is 4. The normalized spacial score (nSPS) is 11.3. The van der Waals surface area contributed by atoms with Crippen molar-refractivity contribution in [1.82, 2.24) is 9.13 Å². The number of aromatic nitrogens is 2. The first-order valence-corrected chi connectivity index (χ1v) is 11.3. The van der Waals surface area contributed by atoms with Crippen LogP contribution in [0.4, 0.5) is 24.7 Å². The molecule has 2 aromatic carbocycles. The van der Waals surface area contributed by atoms with Gasteiger partial charge in [-0.15, -0.1) is 13.2 Å². The van der Waals surface area contributed by atoms with Gasteiger partial charge in [0.1, 0.15) is 5.75 Å². The van der Waals surface area contributed by atoms with Gasteiger partial charge in [-0.25, -0.2) is 9.79 Å². The van der Waals surface area contributed by atoms with E-state index < -0.39 is 23.4 Å². The van der Waals surface area contributed by atoms with Gasteiger partial charge in [0.15, 0.2) is 17.3 Å². The molecular formula is C24H24ClF3N4O4. The third-order valence-electron chi connectivity index (χ3n) is 5.12. The zero-order valence-electron chi connectivity index (χ0n) is 19.6. The first kappa shape index (κ1) is 26.9. The van der Waals surface area contributed by atoms with Gasteiger partial charge in [0.25, 0.3) is 5.56 Å². The second-order valence-electron chi connectivity index (χ2n) is 7.76. The number of unbranched alkanes of at least 4 members (excludes halogenated alkanes) is 1. The molecule has 0 aliphatic heterocycles. The molecule has 0 fully saturated rings. The molecule has 0 aliphatic rings. The third-order valence-corrected chi connectivity index (χ3v) is 5.38. The maximum atomic E-state index is 13.5. The van der Waals surface area contributed by atoms with Crippen molar-refractivity contribution >= 4 is 29.8 Å². The number of ether oxygens (including phenoxy) is 1. The zero-order chi connectivity index (χ0) is 26.5. The summed E-state index contributed by atoms with van der Waals surface area (Å²) in [5.41, 5.74) is -0.706. The van der Waals surface area contributed by atoms with Crippen LogP contribution in [0.2, 0.25) is 5.02 Å². The minimum absolute atomic E-state index is 0.0364. The van der Waals surface area contributed by atoms with Crippen molar-refractivity contribution in [2.75, 3.05) is 5.06 Å². The molecule has 0 radical (unpaired) electrons. The van der Waals surface area contributed by atoms with Crippen molar-refractivity contribution in [2.45, 2.75) is 39.2 Å². The van der Waals surface area contributed by atoms with Crippen LogP contribution in [0.15, 0.2) is 63.1 Å². The van der Waals surface area contributed by atoms with Crippen LogP contribution in [-0.2, 0) is 20.1 Å². The number of alkyl halides is 3. The summed E-state index contributed by atoms with van der Waals surface area (Å²) < 4.78 is 44.4. The predicted octanol–water partition coefficient (Wildman–Crippen LogP) is 5.23. The average Bonchev–Trinajstić information content (AvgIpc) is 2.81. The van der Waals surface area contributed by atoms with Gasteiger partial charge < -0.3 is 9.57 Å². The Morgan fingerprint density at radius 1 is 1.11 bits per heavy atom. The van der Waals surface area contributed by atoms with Crippen LogP contribution in [0.5, 0.6) is 11.5 Å². The Hall–Kier alpha value is -3.73. The second kappa shape index (κ2) is 11.3. The summed E-state index contributed by atoms with van der Waals surface area (Å²) in [6.45, 7) is 5.53. The molecule has 0 unspecified atom stereocenters. The highest BCUT2D eigenvalue weighted by Gasteiger charge is 2.31. The predicted molar refractivity (Wildman–Crippen MR) is 131 cm³/mol. The molecule has 0 saturated heterocycles. The molecule has 0 aliphatic carbocycles. The number of aliphatic imine (C=N–C) groups is 1. The lowest BCUT2D eigenvalue weighted by atomic mass is 10.2. The fourth-order valence-corrected chi connectivity index (χ4v) is 3.55. The second-order valence-corrected chi connectivity index (χ2v) is 8.20. The third kappa shape index (κ3) is 6.48. The molecule has 3 rings (SSSR count). The molecule has 192 valence electrons. The van der Waals surface area contributed by atoms with Crippen LogP contribution in [0, 0.1) is 0 Å². The van der Waals surface area contributed by atoms with Crippen LogP contribution in [0.3, 0.4) is 0 Å². The Morgan fingerprint density at radius 3 is 2.39 bits per heavy atom. The molecule has 36 heavy (non-hydrogen) atoms. The van der Waals surface area contributed by atoms with E-state index in [1.165, 1.54) is 23.7 Å². The molecular weight excluding hydrogens is 501 g/mol. The highest BCUT2D eigenvalue weighted by molar-refractivity contribution is 6.30. The van der Waals surface area contributed by atoms with E-state index in [0.717, 1.165) is 28.2 Å². The van der Waals surface area contributed by atoms with E-state index in [-0.39, 0.29) is 30.3 Å². The smallest absolute Gasteiger partial charge is 0.406 e. The lowest BCUT2D eigenvalue weighted by Gasteiger charge is -2.26. The summed E-state index contributed by atoms with van der Waals surface area (Å²) in [6, 6.07) is 11.5. The SMILES string of the molecule is C=Nc1c(N(Cc2ccc(Cl)cc2)Oc2cccc(OC(F)(F)F)c2)c(=O)n(CCCC)c(=O)n1C. The van der Waals surface area contributed by atoms with Gasteiger partial charge in [0.2, 0.25) is 0 Å². The van der Waals surface area contributed by atoms with Crippen molar-refractivity contribution in [2.24, 2.45) is 12.0 Å². The molecule has 8 nitrogen and oxygen atoms in total. The lowest BCUT2D eigenvalue weighted by Crippen LogP contribution is -2.43. The largest absolute Gasteiger partial charge is 0.573 e. The zero-order valence-corrected chi connectivity index (χ0v) is 20.3. The molecule has 1 heterocycles. The van der Waals surface area contributed by atoms with Crippen molar-refractivity contribution in [1.29, 1.82) is 0 Å². The van der Waals surface area contributed by atoms with E-state index in [4.69, 9.17) is 16.4 Å². The quantitative estimate of drug-likeness (QED) is 0.268. The summed E-state index contributed by atoms with van der Waals surface area (Å²) in [5, 5.41) is 1.64. The first-order chi connectivity index (χ1) is 17.0. The lowest BCUT2D eigenvalue weighted by molar-refractivity contribution is -0.274. The Morgan fingerprint density at radius 2 is 1.78 bits per heavy atom. The van der Waals surface area contributed by atoms with E-state index in [0.29, 0.717) is 17.0 Å². The van der Waals surface area contributed by atoms with Crippen LogP contribution >= 0.6 is 11.6 Å². The molecule has 0 amide bonds. The van der Waals surface area contributed by atoms with Gasteiger partial charge in [0, 0.05) is 24.7 Å². The summed E-state index contributed by atoms with van der Waals surface area (Å²) in [6.07, 6.45) is -3.58. The van der Waals surface area contributed by atoms with Crippen LogP contribution in [0.1, 0.15) is 25.3 Å². The van der Waals surface area contributed by atoms with E-state index in [2.05, 4.69) is 16.4 Å². The van der Waals surface area contributed by atoms with Gasteiger partial charge in [-0.2, -0.15) is 5.06 Å². The number of anilines is 1. The van der Waals surface area contributed by atoms with Gasteiger partial charge in [0.05, 0.1) is 6.54 Å². The van der Waals surface area contributed by atoms with Crippen LogP contribution in [0.25, 0.3) is 0 Å². The minimum Gasteiger partial charge on any atom is -0.406 e. The van der Waals surface area contributed by atoms with E-state index in [1.807, 2.05) is 6.92 Å². The Labute approximate surface area is 209 Å². The van der Waals surface area contributed by atoms with Gasteiger partial charge in [-0.05, 0) is 43.0 Å². The molecule has 0 spiro atoms. The van der Waals surface area contributed by atoms with Crippen LogP contribution in [-0.4, -0.2) is 22.2 Å². The van der Waals surface area contributed by atoms with Crippen molar-refractivity contribution in [3.05, 3.63) is 80.0 Å². The van der Waals surface area contributed by atoms with Gasteiger partial charge in [-0.3, -0.25) is 13.9 Å². The molecule has 0 atom stereocenters. The fraction of sp³-hybridized carbons (Fsp3) is 0.292. The molecule has 3 aromatic rings. The highest BCUT2D eigenvalue weighted by Crippen LogP contribution is 2.30. The maximum Gasteiger partial charge on any atom is 0.573 e. The van der Waals surface area contributed by atoms with E-state index >= 15 is 0 Å². The van der Waals surface area contributed by atoms with Gasteiger partial charge >= 0.3 is 12.1 Å². The number of hydrogen-bond acceptors (Lipinski definition) is 6. The first-order valence-electron chi connectivity index (χ1n) is 10.9. The minimum atomic E-state index is -4.90. The standard InChI is InChI=1S/C24H24ClF3N4O4/c1-4-5-13-31-22(33)20(21(29-2)30(3)23(31)34)32(15-16-9-11-17(25)12-10-16)36-19-8-6-7-18(14-19)35-24(26,27)28/h6-12,14H,2,4-5,13,15H2,1,3H3. The average molecular weight is 525 g/mol. The Kier molecular flexibility index (Phi) is 8.46. The topological polar surface area (TPSA) is 78.1 Å². The summed E-state index contributed by atoms with van der Waals surface area (Å²) in [5.74, 6) is -0.613. The number of benzene rings is 2. The number of hydroxylamine groups is 1. The van der Waals surface area contributed by atoms with Crippen molar-refractivity contribution in [3.63, 3.8) is 0 Å². The summed E-state index contributed by atoms with van der Waals surface area (Å²) >= 11 is 5.98. The molecule has 12 heteroatoms. The molecule has 0 bridgehead atoms. The highest BCUT2D eigenvalue weighted by atomic mass is 35.5. The van der Waals surface area contributed by atoms with Crippen molar-refractivity contribution in [3.8, 4) is 11.5 Å². The molecule has 0 N–H and O–H groups in total. The number of rotatable bonds is 10. The van der Waals surface area contributed by atoms with Gasteiger partial charge in [-0.1, -0.05) is 43.1 Å². The summed E-state index contributed by atoms with van der Waals surface area (Å²) in [4.78, 5) is 36.1. The fourth-order valence-electron chi connectivity index (χ4n) is 3.42. The number of hydrogen-bond donors (Lipinski definition) is 0.